The highest BCUT2D eigenvalue weighted by atomic mass is 32.1. The molecule has 3 nitrogen and oxygen atoms in total. The molecule has 0 atom stereocenters. The van der Waals surface area contributed by atoms with Gasteiger partial charge in [0.2, 0.25) is 0 Å². The van der Waals surface area contributed by atoms with E-state index < -0.39 is 7.14 Å². The van der Waals surface area contributed by atoms with Gasteiger partial charge in [-0.2, -0.15) is 0 Å². The van der Waals surface area contributed by atoms with Crippen LogP contribution < -0.4 is 25.4 Å². The maximum atomic E-state index is 15.0. The third-order valence-electron chi connectivity index (χ3n) is 8.61. The van der Waals surface area contributed by atoms with Gasteiger partial charge in [-0.05, 0) is 46.8 Å². The molecule has 0 saturated heterocycles. The highest BCUT2D eigenvalue weighted by Gasteiger charge is 2.30. The summed E-state index contributed by atoms with van der Waals surface area (Å²) in [5.41, 5.74) is 2.19. The zero-order valence-corrected chi connectivity index (χ0v) is 25.7. The van der Waals surface area contributed by atoms with Gasteiger partial charge in [0, 0.05) is 41.5 Å². The predicted octanol–water partition coefficient (Wildman–Crippen LogP) is 10.4. The van der Waals surface area contributed by atoms with Crippen LogP contribution in [0.4, 0.5) is 0 Å². The Kier molecular flexibility index (Phi) is 5.96. The van der Waals surface area contributed by atoms with Crippen LogP contribution >= 0.6 is 18.5 Å². The van der Waals surface area contributed by atoms with E-state index in [1.807, 2.05) is 91.0 Å². The minimum Gasteiger partial charge on any atom is -0.449 e. The number of fused-ring (bicyclic) bond motifs is 7. The molecular formula is C40H25O3PS. The van der Waals surface area contributed by atoms with E-state index in [1.54, 1.807) is 11.3 Å². The minimum atomic E-state index is -3.06. The fourth-order valence-electron chi connectivity index (χ4n) is 6.44. The van der Waals surface area contributed by atoms with Crippen molar-refractivity contribution in [3.05, 3.63) is 152 Å². The number of benzene rings is 7. The molecule has 0 aliphatic carbocycles. The molecule has 0 N–H and O–H groups in total. The van der Waals surface area contributed by atoms with Crippen molar-refractivity contribution in [1.82, 2.24) is 0 Å². The molecular weight excluding hydrogens is 591 g/mol. The van der Waals surface area contributed by atoms with Crippen molar-refractivity contribution in [2.45, 2.75) is 0 Å². The molecule has 0 bridgehead atoms. The van der Waals surface area contributed by atoms with Crippen LogP contribution in [0.15, 0.2) is 152 Å². The molecule has 214 valence electrons. The summed E-state index contributed by atoms with van der Waals surface area (Å²) < 4.78 is 30.0. The van der Waals surface area contributed by atoms with Gasteiger partial charge in [-0.15, -0.1) is 11.3 Å². The minimum absolute atomic E-state index is 0.709. The third-order valence-corrected chi connectivity index (χ3v) is 12.8. The quantitative estimate of drug-likeness (QED) is 0.185. The van der Waals surface area contributed by atoms with Gasteiger partial charge in [0.1, 0.15) is 0 Å². The highest BCUT2D eigenvalue weighted by Crippen LogP contribution is 2.51. The molecule has 1 aliphatic rings. The number of rotatable bonds is 4. The Morgan fingerprint density at radius 3 is 1.73 bits per heavy atom. The lowest BCUT2D eigenvalue weighted by molar-refractivity contribution is 0.363. The van der Waals surface area contributed by atoms with E-state index in [9.17, 15) is 0 Å². The molecule has 0 fully saturated rings. The van der Waals surface area contributed by atoms with Crippen LogP contribution in [0, 0.1) is 0 Å². The first-order valence-corrected chi connectivity index (χ1v) is 17.4. The molecule has 0 amide bonds. The monoisotopic (exact) mass is 616 g/mol. The van der Waals surface area contributed by atoms with Crippen molar-refractivity contribution in [2.75, 3.05) is 0 Å². The van der Waals surface area contributed by atoms with Crippen molar-refractivity contribution >= 4 is 65.3 Å². The second-order valence-electron chi connectivity index (χ2n) is 11.2. The first kappa shape index (κ1) is 26.3. The molecule has 0 spiro atoms. The average molecular weight is 617 g/mol. The number of hydrogen-bond acceptors (Lipinski definition) is 4. The summed E-state index contributed by atoms with van der Waals surface area (Å²) in [5.74, 6) is 2.88. The molecule has 1 aliphatic heterocycles. The largest absolute Gasteiger partial charge is 0.449 e. The molecule has 0 unspecified atom stereocenters. The van der Waals surface area contributed by atoms with Crippen LogP contribution in [0.1, 0.15) is 0 Å². The smallest absolute Gasteiger partial charge is 0.177 e. The van der Waals surface area contributed by atoms with E-state index in [-0.39, 0.29) is 0 Å². The van der Waals surface area contributed by atoms with Gasteiger partial charge in [-0.3, -0.25) is 0 Å². The van der Waals surface area contributed by atoms with E-state index in [0.29, 0.717) is 11.5 Å². The fraction of sp³-hybridized carbons (Fsp3) is 0. The van der Waals surface area contributed by atoms with Crippen molar-refractivity contribution in [3.8, 4) is 34.1 Å². The van der Waals surface area contributed by atoms with E-state index in [0.717, 1.165) is 54.0 Å². The maximum Gasteiger partial charge on any atom is 0.177 e. The van der Waals surface area contributed by atoms with Crippen molar-refractivity contribution in [2.24, 2.45) is 0 Å². The first-order valence-electron chi connectivity index (χ1n) is 14.9. The normalized spacial score (nSPS) is 12.4. The van der Waals surface area contributed by atoms with Crippen LogP contribution in [0.5, 0.6) is 23.0 Å². The number of thiophene rings is 1. The molecule has 45 heavy (non-hydrogen) atoms. The Hall–Kier alpha value is -5.15. The second kappa shape index (κ2) is 10.2. The molecule has 7 aromatic carbocycles. The zero-order chi connectivity index (χ0) is 30.0. The lowest BCUT2D eigenvalue weighted by Crippen LogP contribution is -2.24. The van der Waals surface area contributed by atoms with E-state index in [4.69, 9.17) is 9.47 Å². The van der Waals surface area contributed by atoms with Crippen LogP contribution in [0.3, 0.4) is 0 Å². The van der Waals surface area contributed by atoms with E-state index in [1.165, 1.54) is 15.5 Å². The van der Waals surface area contributed by atoms with Crippen LogP contribution in [0.25, 0.3) is 42.1 Å². The zero-order valence-electron chi connectivity index (χ0n) is 24.0. The average Bonchev–Trinajstić information content (AvgIpc) is 3.48. The summed E-state index contributed by atoms with van der Waals surface area (Å²) in [5, 5.41) is 7.00. The predicted molar refractivity (Wildman–Crippen MR) is 188 cm³/mol. The fourth-order valence-corrected chi connectivity index (χ4v) is 10.4. The molecule has 2 heterocycles. The molecule has 0 saturated carbocycles. The van der Waals surface area contributed by atoms with Crippen molar-refractivity contribution in [3.63, 3.8) is 0 Å². The van der Waals surface area contributed by atoms with Gasteiger partial charge >= 0.3 is 0 Å². The van der Waals surface area contributed by atoms with Gasteiger partial charge in [-0.25, -0.2) is 0 Å². The van der Waals surface area contributed by atoms with Gasteiger partial charge in [0.15, 0.2) is 30.1 Å². The standard InChI is InChI=1S/C40H25O3PS/c41-44(27-11-3-1-4-12-27,28-13-5-2-6-14-28)29-20-22-32-31-21-19-26(23-38(31)45-39(32)24-29)34-25-37-40(33-16-8-7-15-30(33)34)43-36-18-10-9-17-35(36)42-37/h1-25H. The SMILES string of the molecule is O=P(c1ccccc1)(c1ccccc1)c1ccc2c(c1)sc1cc(-c3cc4c(c5ccccc35)Oc3ccccc3O4)ccc12. The molecule has 1 aromatic heterocycles. The number of hydrogen-bond donors (Lipinski definition) is 0. The second-order valence-corrected chi connectivity index (χ2v) is 15.1. The molecule has 0 radical (unpaired) electrons. The van der Waals surface area contributed by atoms with Crippen molar-refractivity contribution < 1.29 is 14.0 Å². The Morgan fingerprint density at radius 1 is 0.444 bits per heavy atom. The van der Waals surface area contributed by atoms with Crippen LogP contribution in [-0.2, 0) is 4.57 Å². The number of ether oxygens (including phenoxy) is 2. The first-order chi connectivity index (χ1) is 22.2. The summed E-state index contributed by atoms with van der Waals surface area (Å²) in [7, 11) is -3.06. The summed E-state index contributed by atoms with van der Waals surface area (Å²) in [6.07, 6.45) is 0. The lowest BCUT2D eigenvalue weighted by Gasteiger charge is -2.23. The summed E-state index contributed by atoms with van der Waals surface area (Å²) >= 11 is 1.74. The van der Waals surface area contributed by atoms with Gasteiger partial charge in [0.05, 0.1) is 0 Å². The van der Waals surface area contributed by atoms with Crippen LogP contribution in [-0.4, -0.2) is 0 Å². The van der Waals surface area contributed by atoms with E-state index in [2.05, 4.69) is 60.7 Å². The molecule has 8 aromatic rings. The Balaban J connectivity index is 1.19. The summed E-state index contributed by atoms with van der Waals surface area (Å²) in [6.45, 7) is 0. The van der Waals surface area contributed by atoms with Crippen LogP contribution in [0.2, 0.25) is 0 Å². The highest BCUT2D eigenvalue weighted by molar-refractivity contribution is 7.85. The summed E-state index contributed by atoms with van der Waals surface area (Å²) in [6, 6.07) is 50.9. The third kappa shape index (κ3) is 4.14. The topological polar surface area (TPSA) is 35.5 Å². The number of para-hydroxylation sites is 2. The van der Waals surface area contributed by atoms with Crippen molar-refractivity contribution in [1.29, 1.82) is 0 Å². The summed E-state index contributed by atoms with van der Waals surface area (Å²) in [4.78, 5) is 0. The Morgan fingerprint density at radius 2 is 1.02 bits per heavy atom. The maximum absolute atomic E-state index is 15.0. The Labute approximate surface area is 264 Å². The lowest BCUT2D eigenvalue weighted by atomic mass is 9.96. The molecule has 5 heteroatoms. The van der Waals surface area contributed by atoms with Gasteiger partial charge < -0.3 is 14.0 Å². The van der Waals surface area contributed by atoms with Gasteiger partial charge in [-0.1, -0.05) is 121 Å². The van der Waals surface area contributed by atoms with Gasteiger partial charge in [0.25, 0.3) is 0 Å². The Bertz CT molecular complexity index is 2420. The molecule has 9 rings (SSSR count). The van der Waals surface area contributed by atoms with E-state index >= 15 is 4.57 Å².